The molecule has 0 radical (unpaired) electrons. The normalized spacial score (nSPS) is 24.3. The van der Waals surface area contributed by atoms with Gasteiger partial charge in [0.25, 0.3) is 0 Å². The van der Waals surface area contributed by atoms with E-state index in [9.17, 15) is 4.79 Å². The van der Waals surface area contributed by atoms with Gasteiger partial charge in [0.2, 0.25) is 0 Å². The zero-order valence-corrected chi connectivity index (χ0v) is 18.6. The van der Waals surface area contributed by atoms with E-state index in [0.29, 0.717) is 11.5 Å². The van der Waals surface area contributed by atoms with Gasteiger partial charge in [0.1, 0.15) is 5.75 Å². The van der Waals surface area contributed by atoms with Crippen LogP contribution in [0, 0.1) is 18.8 Å². The molecule has 2 aromatic rings. The molecule has 0 saturated carbocycles. The number of hydrogen-bond acceptors (Lipinski definition) is 5. The SMILES string of the molecule is CC[C@@H]1CN2CCc3c([nH]c4ccc(C)c(OC)c34)[C@@H]2C[C@@H]1/C(=C\OC)C(=O)OC. The Balaban J connectivity index is 1.78. The second-order valence-corrected chi connectivity index (χ2v) is 8.43. The number of H-pyrrole nitrogens is 1. The number of methoxy groups -OCH3 is 3. The minimum atomic E-state index is -0.293. The van der Waals surface area contributed by atoms with E-state index in [1.54, 1.807) is 20.5 Å². The number of nitrogens with zero attached hydrogens (tertiary/aromatic N) is 1. The Labute approximate surface area is 178 Å². The second-order valence-electron chi connectivity index (χ2n) is 8.43. The van der Waals surface area contributed by atoms with Gasteiger partial charge in [-0.3, -0.25) is 4.90 Å². The first kappa shape index (κ1) is 20.8. The molecule has 0 aliphatic carbocycles. The van der Waals surface area contributed by atoms with Crippen LogP contribution in [0.25, 0.3) is 10.9 Å². The summed E-state index contributed by atoms with van der Waals surface area (Å²) in [4.78, 5) is 18.8. The molecule has 30 heavy (non-hydrogen) atoms. The standard InChI is InChI=1S/C24H32N2O4/c1-6-15-12-26-10-9-16-21-19(8-7-14(2)23(21)29-4)25-22(16)20(26)11-17(15)18(13-28-3)24(27)30-5/h7-8,13,15,17,20,25H,6,9-12H2,1-5H3/b18-13+/t15-,17+,20+/m1/s1. The third kappa shape index (κ3) is 3.27. The number of carbonyl (C=O) groups is 1. The number of ether oxygens (including phenoxy) is 3. The first-order valence-electron chi connectivity index (χ1n) is 10.8. The molecule has 0 amide bonds. The summed E-state index contributed by atoms with van der Waals surface area (Å²) in [6, 6.07) is 4.49. The molecule has 1 aromatic heterocycles. The fourth-order valence-corrected chi connectivity index (χ4v) is 5.52. The van der Waals surface area contributed by atoms with E-state index >= 15 is 0 Å². The lowest BCUT2D eigenvalue weighted by molar-refractivity contribution is -0.137. The van der Waals surface area contributed by atoms with Gasteiger partial charge >= 0.3 is 5.97 Å². The summed E-state index contributed by atoms with van der Waals surface area (Å²) in [7, 11) is 4.77. The van der Waals surface area contributed by atoms with E-state index in [2.05, 4.69) is 35.9 Å². The molecule has 0 bridgehead atoms. The maximum Gasteiger partial charge on any atom is 0.337 e. The number of rotatable bonds is 5. The molecule has 1 fully saturated rings. The van der Waals surface area contributed by atoms with Gasteiger partial charge in [0.15, 0.2) is 0 Å². The van der Waals surface area contributed by atoms with Crippen molar-refractivity contribution in [3.05, 3.63) is 40.8 Å². The lowest BCUT2D eigenvalue weighted by Crippen LogP contribution is -2.47. The summed E-state index contributed by atoms with van der Waals surface area (Å²) in [5, 5.41) is 1.21. The molecule has 3 atom stereocenters. The Morgan fingerprint density at radius 1 is 1.30 bits per heavy atom. The fourth-order valence-electron chi connectivity index (χ4n) is 5.52. The average Bonchev–Trinajstić information content (AvgIpc) is 3.15. The van der Waals surface area contributed by atoms with Crippen molar-refractivity contribution < 1.29 is 19.0 Å². The molecule has 1 aromatic carbocycles. The summed E-state index contributed by atoms with van der Waals surface area (Å²) >= 11 is 0. The van der Waals surface area contributed by atoms with Crippen molar-refractivity contribution in [2.75, 3.05) is 34.4 Å². The van der Waals surface area contributed by atoms with Gasteiger partial charge in [-0.1, -0.05) is 19.4 Å². The van der Waals surface area contributed by atoms with E-state index in [1.807, 2.05) is 0 Å². The van der Waals surface area contributed by atoms with Crippen molar-refractivity contribution in [1.82, 2.24) is 9.88 Å². The van der Waals surface area contributed by atoms with E-state index < -0.39 is 0 Å². The predicted octanol–water partition coefficient (Wildman–Crippen LogP) is 4.13. The first-order chi connectivity index (χ1) is 14.5. The fraction of sp³-hybridized carbons (Fsp3) is 0.542. The smallest absolute Gasteiger partial charge is 0.337 e. The first-order valence-corrected chi connectivity index (χ1v) is 10.8. The van der Waals surface area contributed by atoms with E-state index in [4.69, 9.17) is 14.2 Å². The van der Waals surface area contributed by atoms with Crippen molar-refractivity contribution >= 4 is 16.9 Å². The summed E-state index contributed by atoms with van der Waals surface area (Å²) in [6.45, 7) is 6.28. The summed E-state index contributed by atoms with van der Waals surface area (Å²) in [6.07, 6.45) is 4.46. The van der Waals surface area contributed by atoms with Crippen molar-refractivity contribution in [2.45, 2.75) is 39.2 Å². The molecule has 3 heterocycles. The van der Waals surface area contributed by atoms with Crippen LogP contribution in [0.3, 0.4) is 0 Å². The quantitative estimate of drug-likeness (QED) is 0.454. The summed E-state index contributed by atoms with van der Waals surface area (Å²) in [5.41, 5.74) is 5.54. The Hall–Kier alpha value is -2.47. The second kappa shape index (κ2) is 8.34. The molecule has 6 nitrogen and oxygen atoms in total. The van der Waals surface area contributed by atoms with Crippen LogP contribution >= 0.6 is 0 Å². The zero-order chi connectivity index (χ0) is 21.4. The van der Waals surface area contributed by atoms with Gasteiger partial charge in [-0.15, -0.1) is 0 Å². The number of piperidine rings is 1. The number of nitrogens with one attached hydrogen (secondary N) is 1. The maximum absolute atomic E-state index is 12.5. The van der Waals surface area contributed by atoms with Gasteiger partial charge < -0.3 is 19.2 Å². The number of carbonyl (C=O) groups excluding carboxylic acids is 1. The van der Waals surface area contributed by atoms with Crippen LogP contribution in [-0.2, 0) is 20.7 Å². The van der Waals surface area contributed by atoms with Crippen LogP contribution < -0.4 is 4.74 Å². The summed E-state index contributed by atoms with van der Waals surface area (Å²) < 4.78 is 16.1. The van der Waals surface area contributed by atoms with Crippen molar-refractivity contribution in [3.63, 3.8) is 0 Å². The van der Waals surface area contributed by atoms with Gasteiger partial charge in [0, 0.05) is 29.7 Å². The summed E-state index contributed by atoms with van der Waals surface area (Å²) in [5.74, 6) is 1.17. The number of esters is 1. The Morgan fingerprint density at radius 2 is 2.10 bits per heavy atom. The molecule has 2 aliphatic heterocycles. The number of hydrogen-bond donors (Lipinski definition) is 1. The monoisotopic (exact) mass is 412 g/mol. The molecular formula is C24H32N2O4. The Kier molecular flexibility index (Phi) is 5.78. The third-order valence-corrected chi connectivity index (χ3v) is 6.98. The molecule has 1 saturated heterocycles. The highest BCUT2D eigenvalue weighted by Gasteiger charge is 2.42. The highest BCUT2D eigenvalue weighted by Crippen LogP contribution is 2.47. The number of aryl methyl sites for hydroxylation is 1. The predicted molar refractivity (Wildman–Crippen MR) is 117 cm³/mol. The highest BCUT2D eigenvalue weighted by molar-refractivity contribution is 5.92. The van der Waals surface area contributed by atoms with Crippen LogP contribution in [0.4, 0.5) is 0 Å². The minimum Gasteiger partial charge on any atom is -0.504 e. The maximum atomic E-state index is 12.5. The Morgan fingerprint density at radius 3 is 2.77 bits per heavy atom. The van der Waals surface area contributed by atoms with Crippen LogP contribution in [0.1, 0.15) is 42.6 Å². The van der Waals surface area contributed by atoms with E-state index in [0.717, 1.165) is 49.2 Å². The number of benzene rings is 1. The number of aromatic amines is 1. The Bertz CT molecular complexity index is 977. The lowest BCUT2D eigenvalue weighted by atomic mass is 9.74. The number of aromatic nitrogens is 1. The largest absolute Gasteiger partial charge is 0.504 e. The topological polar surface area (TPSA) is 63.8 Å². The average molecular weight is 413 g/mol. The van der Waals surface area contributed by atoms with E-state index in [-0.39, 0.29) is 17.9 Å². The van der Waals surface area contributed by atoms with Gasteiger partial charge in [0.05, 0.1) is 39.2 Å². The zero-order valence-electron chi connectivity index (χ0n) is 18.6. The molecule has 0 unspecified atom stereocenters. The van der Waals surface area contributed by atoms with Crippen LogP contribution in [0.5, 0.6) is 5.75 Å². The molecule has 162 valence electrons. The van der Waals surface area contributed by atoms with Crippen molar-refractivity contribution in [2.24, 2.45) is 11.8 Å². The van der Waals surface area contributed by atoms with Crippen LogP contribution in [0.2, 0.25) is 0 Å². The molecular weight excluding hydrogens is 380 g/mol. The molecule has 2 aliphatic rings. The lowest BCUT2D eigenvalue weighted by Gasteiger charge is -2.46. The van der Waals surface area contributed by atoms with Gasteiger partial charge in [-0.05, 0) is 48.8 Å². The molecule has 6 heteroatoms. The minimum absolute atomic E-state index is 0.102. The van der Waals surface area contributed by atoms with E-state index in [1.165, 1.54) is 23.8 Å². The van der Waals surface area contributed by atoms with Gasteiger partial charge in [-0.25, -0.2) is 4.79 Å². The molecule has 1 N–H and O–H groups in total. The van der Waals surface area contributed by atoms with Crippen molar-refractivity contribution in [1.29, 1.82) is 0 Å². The highest BCUT2D eigenvalue weighted by atomic mass is 16.5. The third-order valence-electron chi connectivity index (χ3n) is 6.98. The molecule has 4 rings (SSSR count). The van der Waals surface area contributed by atoms with Crippen LogP contribution in [-0.4, -0.2) is 50.3 Å². The van der Waals surface area contributed by atoms with Crippen LogP contribution in [0.15, 0.2) is 24.0 Å². The van der Waals surface area contributed by atoms with Gasteiger partial charge in [-0.2, -0.15) is 0 Å². The number of fused-ring (bicyclic) bond motifs is 5. The molecule has 0 spiro atoms. The van der Waals surface area contributed by atoms with Crippen molar-refractivity contribution in [3.8, 4) is 5.75 Å².